The zero-order valence-electron chi connectivity index (χ0n) is 8.55. The number of rotatable bonds is 3. The molecule has 1 amide bonds. The second-order valence-corrected chi connectivity index (χ2v) is 3.91. The molecule has 1 aliphatic heterocycles. The second-order valence-electron chi connectivity index (χ2n) is 3.54. The van der Waals surface area contributed by atoms with E-state index in [1.165, 1.54) is 4.90 Å². The van der Waals surface area contributed by atoms with Crippen molar-refractivity contribution in [3.8, 4) is 0 Å². The van der Waals surface area contributed by atoms with Crippen LogP contribution < -0.4 is 0 Å². The number of carbonyl (C=O) groups is 2. The minimum absolute atomic E-state index is 0.0698. The predicted octanol–water partition coefficient (Wildman–Crippen LogP) is -0.136. The van der Waals surface area contributed by atoms with Gasteiger partial charge in [-0.2, -0.15) is 12.6 Å². The molecule has 0 bridgehead atoms. The molecule has 0 radical (unpaired) electrons. The SMILES string of the molecule is CC(CS)C(=O)N1CCOCC1C(=O)O. The number of morpholine rings is 1. The van der Waals surface area contributed by atoms with Crippen LogP contribution in [0.2, 0.25) is 0 Å². The molecule has 0 spiro atoms. The van der Waals surface area contributed by atoms with E-state index >= 15 is 0 Å². The van der Waals surface area contributed by atoms with Crippen LogP contribution >= 0.6 is 12.6 Å². The average molecular weight is 233 g/mol. The Bertz CT molecular complexity index is 258. The van der Waals surface area contributed by atoms with E-state index in [0.29, 0.717) is 18.9 Å². The molecule has 5 nitrogen and oxygen atoms in total. The monoisotopic (exact) mass is 233 g/mol. The van der Waals surface area contributed by atoms with E-state index in [2.05, 4.69) is 12.6 Å². The Hall–Kier alpha value is -0.750. The first-order chi connectivity index (χ1) is 7.07. The van der Waals surface area contributed by atoms with Crippen molar-refractivity contribution in [1.82, 2.24) is 4.90 Å². The Kier molecular flexibility index (Phi) is 4.41. The number of nitrogens with zero attached hydrogens (tertiary/aromatic N) is 1. The van der Waals surface area contributed by atoms with Crippen molar-refractivity contribution in [1.29, 1.82) is 0 Å². The average Bonchev–Trinajstić information content (AvgIpc) is 2.27. The number of aliphatic carboxylic acids is 1. The van der Waals surface area contributed by atoms with E-state index in [-0.39, 0.29) is 18.4 Å². The van der Waals surface area contributed by atoms with Gasteiger partial charge in [-0.25, -0.2) is 4.79 Å². The number of ether oxygens (including phenoxy) is 1. The first-order valence-electron chi connectivity index (χ1n) is 4.79. The zero-order valence-corrected chi connectivity index (χ0v) is 9.44. The minimum Gasteiger partial charge on any atom is -0.480 e. The molecule has 0 aromatic carbocycles. The summed E-state index contributed by atoms with van der Waals surface area (Å²) >= 11 is 4.03. The Balaban J connectivity index is 2.71. The standard InChI is InChI=1S/C9H15NO4S/c1-6(5-15)8(11)10-2-3-14-4-7(10)9(12)13/h6-7,15H,2-5H2,1H3,(H,12,13). The Labute approximate surface area is 93.8 Å². The van der Waals surface area contributed by atoms with Gasteiger partial charge in [-0.3, -0.25) is 4.79 Å². The molecular formula is C9H15NO4S. The lowest BCUT2D eigenvalue weighted by molar-refractivity contribution is -0.159. The molecule has 2 atom stereocenters. The smallest absolute Gasteiger partial charge is 0.328 e. The van der Waals surface area contributed by atoms with Gasteiger partial charge in [0.25, 0.3) is 0 Å². The molecule has 1 fully saturated rings. The Morgan fingerprint density at radius 3 is 2.87 bits per heavy atom. The molecule has 0 saturated carbocycles. The maximum Gasteiger partial charge on any atom is 0.328 e. The van der Waals surface area contributed by atoms with Crippen LogP contribution in [0.3, 0.4) is 0 Å². The van der Waals surface area contributed by atoms with Gasteiger partial charge in [0.05, 0.1) is 13.2 Å². The highest BCUT2D eigenvalue weighted by atomic mass is 32.1. The molecule has 0 aromatic rings. The third-order valence-corrected chi connectivity index (χ3v) is 2.94. The predicted molar refractivity (Wildman–Crippen MR) is 57.0 cm³/mol. The molecule has 1 heterocycles. The summed E-state index contributed by atoms with van der Waals surface area (Å²) in [6, 6.07) is -0.853. The van der Waals surface area contributed by atoms with Crippen LogP contribution in [-0.2, 0) is 14.3 Å². The van der Waals surface area contributed by atoms with Gasteiger partial charge in [-0.05, 0) is 0 Å². The maximum atomic E-state index is 11.8. The van der Waals surface area contributed by atoms with E-state index in [4.69, 9.17) is 9.84 Å². The first-order valence-corrected chi connectivity index (χ1v) is 5.43. The van der Waals surface area contributed by atoms with E-state index in [1.807, 2.05) is 0 Å². The quantitative estimate of drug-likeness (QED) is 0.666. The third-order valence-electron chi connectivity index (χ3n) is 2.39. The van der Waals surface area contributed by atoms with Gasteiger partial charge >= 0.3 is 5.97 Å². The lowest BCUT2D eigenvalue weighted by Crippen LogP contribution is -2.54. The van der Waals surface area contributed by atoms with Gasteiger partial charge in [-0.15, -0.1) is 0 Å². The van der Waals surface area contributed by atoms with E-state index < -0.39 is 12.0 Å². The minimum atomic E-state index is -1.02. The van der Waals surface area contributed by atoms with Gasteiger partial charge in [0.1, 0.15) is 0 Å². The molecule has 86 valence electrons. The lowest BCUT2D eigenvalue weighted by Gasteiger charge is -2.34. The third kappa shape index (κ3) is 2.85. The van der Waals surface area contributed by atoms with Crippen LogP contribution in [0.1, 0.15) is 6.92 Å². The van der Waals surface area contributed by atoms with Gasteiger partial charge in [-0.1, -0.05) is 6.92 Å². The number of carboxylic acid groups (broad SMARTS) is 1. The first kappa shape index (κ1) is 12.3. The Morgan fingerprint density at radius 2 is 2.33 bits per heavy atom. The summed E-state index contributed by atoms with van der Waals surface area (Å²) in [6.07, 6.45) is 0. The summed E-state index contributed by atoms with van der Waals surface area (Å²) in [5.41, 5.74) is 0. The number of amides is 1. The fourth-order valence-corrected chi connectivity index (χ4v) is 1.59. The number of hydrogen-bond donors (Lipinski definition) is 2. The summed E-state index contributed by atoms with van der Waals surface area (Å²) in [6.45, 7) is 2.55. The molecule has 0 aliphatic carbocycles. The van der Waals surface area contributed by atoms with Crippen molar-refractivity contribution in [3.63, 3.8) is 0 Å². The lowest BCUT2D eigenvalue weighted by atomic mass is 10.1. The topological polar surface area (TPSA) is 66.8 Å². The van der Waals surface area contributed by atoms with Gasteiger partial charge in [0, 0.05) is 18.2 Å². The fraction of sp³-hybridized carbons (Fsp3) is 0.778. The molecule has 1 N–H and O–H groups in total. The maximum absolute atomic E-state index is 11.8. The molecule has 15 heavy (non-hydrogen) atoms. The molecule has 2 unspecified atom stereocenters. The molecule has 1 saturated heterocycles. The van der Waals surface area contributed by atoms with E-state index in [1.54, 1.807) is 6.92 Å². The van der Waals surface area contributed by atoms with Crippen LogP contribution in [0.4, 0.5) is 0 Å². The highest BCUT2D eigenvalue weighted by Crippen LogP contribution is 2.12. The zero-order chi connectivity index (χ0) is 11.4. The number of carboxylic acids is 1. The van der Waals surface area contributed by atoms with Crippen molar-refractivity contribution < 1.29 is 19.4 Å². The van der Waals surface area contributed by atoms with Crippen molar-refractivity contribution in [3.05, 3.63) is 0 Å². The number of thiol groups is 1. The van der Waals surface area contributed by atoms with Crippen LogP contribution in [0, 0.1) is 5.92 Å². The fourth-order valence-electron chi connectivity index (χ4n) is 1.43. The molecule has 1 aliphatic rings. The number of carbonyl (C=O) groups excluding carboxylic acids is 1. The van der Waals surface area contributed by atoms with E-state index in [9.17, 15) is 9.59 Å². The number of hydrogen-bond acceptors (Lipinski definition) is 4. The van der Waals surface area contributed by atoms with Crippen molar-refractivity contribution in [2.45, 2.75) is 13.0 Å². The second kappa shape index (κ2) is 5.37. The summed E-state index contributed by atoms with van der Waals surface area (Å²) < 4.78 is 5.04. The van der Waals surface area contributed by atoms with Crippen molar-refractivity contribution >= 4 is 24.5 Å². The Morgan fingerprint density at radius 1 is 1.67 bits per heavy atom. The van der Waals surface area contributed by atoms with Crippen LogP contribution in [0.15, 0.2) is 0 Å². The van der Waals surface area contributed by atoms with Gasteiger partial charge < -0.3 is 14.7 Å². The van der Waals surface area contributed by atoms with Gasteiger partial charge in [0.15, 0.2) is 6.04 Å². The molecule has 1 rings (SSSR count). The van der Waals surface area contributed by atoms with Crippen LogP contribution in [0.25, 0.3) is 0 Å². The van der Waals surface area contributed by atoms with E-state index in [0.717, 1.165) is 0 Å². The summed E-state index contributed by atoms with van der Waals surface area (Å²) in [5.74, 6) is -1.02. The molecule has 6 heteroatoms. The van der Waals surface area contributed by atoms with Crippen molar-refractivity contribution in [2.24, 2.45) is 5.92 Å². The molecule has 0 aromatic heterocycles. The van der Waals surface area contributed by atoms with Crippen LogP contribution in [-0.4, -0.2) is 53.4 Å². The normalized spacial score (nSPS) is 23.6. The summed E-state index contributed by atoms with van der Waals surface area (Å²) in [4.78, 5) is 24.1. The largest absolute Gasteiger partial charge is 0.480 e. The summed E-state index contributed by atoms with van der Waals surface area (Å²) in [5, 5.41) is 8.92. The van der Waals surface area contributed by atoms with Crippen molar-refractivity contribution in [2.75, 3.05) is 25.5 Å². The highest BCUT2D eigenvalue weighted by molar-refractivity contribution is 7.80. The highest BCUT2D eigenvalue weighted by Gasteiger charge is 2.34. The molecular weight excluding hydrogens is 218 g/mol. The van der Waals surface area contributed by atoms with Crippen LogP contribution in [0.5, 0.6) is 0 Å². The van der Waals surface area contributed by atoms with Gasteiger partial charge in [0.2, 0.25) is 5.91 Å². The summed E-state index contributed by atoms with van der Waals surface area (Å²) in [7, 11) is 0.